The number of ether oxygens (including phenoxy) is 1. The van der Waals surface area contributed by atoms with Crippen LogP contribution < -0.4 is 5.32 Å². The maximum absolute atomic E-state index is 11.2. The smallest absolute Gasteiger partial charge is 0.407 e. The van der Waals surface area contributed by atoms with Crippen LogP contribution >= 0.6 is 23.2 Å². The molecule has 100 valence electrons. The summed E-state index contributed by atoms with van der Waals surface area (Å²) < 4.78 is 27.1. The van der Waals surface area contributed by atoms with Crippen LogP contribution in [0.4, 0.5) is 4.79 Å². The van der Waals surface area contributed by atoms with Gasteiger partial charge in [0.15, 0.2) is 9.84 Å². The molecule has 1 aliphatic heterocycles. The molecule has 0 radical (unpaired) electrons. The minimum absolute atomic E-state index is 0.0209. The highest BCUT2D eigenvalue weighted by Gasteiger charge is 2.28. The highest BCUT2D eigenvalue weighted by atomic mass is 35.5. The summed E-state index contributed by atoms with van der Waals surface area (Å²) in [6.07, 6.45) is -0.00679. The van der Waals surface area contributed by atoms with Gasteiger partial charge in [0.1, 0.15) is 6.61 Å². The van der Waals surface area contributed by atoms with E-state index in [0.717, 1.165) is 0 Å². The molecule has 1 heterocycles. The van der Waals surface area contributed by atoms with E-state index in [-0.39, 0.29) is 29.9 Å². The van der Waals surface area contributed by atoms with Gasteiger partial charge in [-0.15, -0.1) is 23.2 Å². The third kappa shape index (κ3) is 5.79. The van der Waals surface area contributed by atoms with Gasteiger partial charge in [-0.2, -0.15) is 0 Å². The van der Waals surface area contributed by atoms with E-state index in [2.05, 4.69) is 5.32 Å². The lowest BCUT2D eigenvalue weighted by atomic mass is 10.1. The van der Waals surface area contributed by atoms with Crippen LogP contribution in [0.2, 0.25) is 0 Å². The van der Waals surface area contributed by atoms with Crippen molar-refractivity contribution in [1.82, 2.24) is 5.32 Å². The fraction of sp³-hybridized carbons (Fsp3) is 0.889. The van der Waals surface area contributed by atoms with Gasteiger partial charge < -0.3 is 10.1 Å². The maximum atomic E-state index is 11.2. The Morgan fingerprint density at radius 2 is 2.24 bits per heavy atom. The fourth-order valence-electron chi connectivity index (χ4n) is 1.52. The summed E-state index contributed by atoms with van der Waals surface area (Å²) in [4.78, 5) is 11.2. The largest absolute Gasteiger partial charge is 0.448 e. The number of halogens is 2. The molecule has 0 bridgehead atoms. The molecule has 1 rings (SSSR count). The Morgan fingerprint density at radius 1 is 1.53 bits per heavy atom. The molecule has 1 fully saturated rings. The first-order chi connectivity index (χ1) is 7.93. The van der Waals surface area contributed by atoms with Gasteiger partial charge in [-0.25, -0.2) is 13.2 Å². The van der Waals surface area contributed by atoms with Gasteiger partial charge in [-0.1, -0.05) is 0 Å². The maximum Gasteiger partial charge on any atom is 0.407 e. The van der Waals surface area contributed by atoms with Crippen molar-refractivity contribution in [3.63, 3.8) is 0 Å². The van der Waals surface area contributed by atoms with Crippen LogP contribution in [0, 0.1) is 5.92 Å². The van der Waals surface area contributed by atoms with Crippen molar-refractivity contribution in [1.29, 1.82) is 0 Å². The Bertz CT molecular complexity index is 360. The van der Waals surface area contributed by atoms with E-state index in [1.807, 2.05) is 0 Å². The molecule has 0 aromatic rings. The van der Waals surface area contributed by atoms with E-state index in [1.165, 1.54) is 0 Å². The third-order valence-electron chi connectivity index (χ3n) is 2.42. The predicted molar refractivity (Wildman–Crippen MR) is 66.5 cm³/mol. The number of rotatable bonds is 5. The molecule has 1 aliphatic rings. The molecule has 0 aromatic carbocycles. The number of amides is 1. The number of hydrogen-bond donors (Lipinski definition) is 1. The highest BCUT2D eigenvalue weighted by molar-refractivity contribution is 7.91. The van der Waals surface area contributed by atoms with Gasteiger partial charge in [-0.05, 0) is 12.3 Å². The molecule has 0 aliphatic carbocycles. The standard InChI is InChI=1S/C9H15Cl2NO4S/c10-3-8(11)5-16-9(13)12-4-7-1-2-17(14,15)6-7/h7-8H,1-6H2,(H,12,13)/t7-,8+/m1/s1. The van der Waals surface area contributed by atoms with Crippen LogP contribution in [0.3, 0.4) is 0 Å². The molecule has 1 N–H and O–H groups in total. The summed E-state index contributed by atoms with van der Waals surface area (Å²) in [6.45, 7) is 0.353. The van der Waals surface area contributed by atoms with Gasteiger partial charge in [0.25, 0.3) is 0 Å². The predicted octanol–water partition coefficient (Wildman–Crippen LogP) is 0.994. The van der Waals surface area contributed by atoms with Crippen LogP contribution in [-0.2, 0) is 14.6 Å². The van der Waals surface area contributed by atoms with Crippen molar-refractivity contribution in [3.05, 3.63) is 0 Å². The Hall–Kier alpha value is -0.200. The number of sulfone groups is 1. The number of alkyl halides is 2. The van der Waals surface area contributed by atoms with Gasteiger partial charge in [-0.3, -0.25) is 0 Å². The van der Waals surface area contributed by atoms with Crippen molar-refractivity contribution in [2.45, 2.75) is 11.8 Å². The van der Waals surface area contributed by atoms with E-state index in [0.29, 0.717) is 13.0 Å². The van der Waals surface area contributed by atoms with Gasteiger partial charge in [0, 0.05) is 12.4 Å². The lowest BCUT2D eigenvalue weighted by molar-refractivity contribution is 0.146. The molecule has 1 amide bonds. The Balaban J connectivity index is 2.16. The van der Waals surface area contributed by atoms with Crippen LogP contribution in [0.5, 0.6) is 0 Å². The molecule has 8 heteroatoms. The quantitative estimate of drug-likeness (QED) is 0.769. The van der Waals surface area contributed by atoms with Crippen LogP contribution in [0.25, 0.3) is 0 Å². The lowest BCUT2D eigenvalue weighted by Crippen LogP contribution is -2.31. The Kier molecular flexibility index (Phi) is 5.82. The summed E-state index contributed by atoms with van der Waals surface area (Å²) >= 11 is 11.1. The van der Waals surface area contributed by atoms with E-state index in [1.54, 1.807) is 0 Å². The van der Waals surface area contributed by atoms with Gasteiger partial charge in [0.2, 0.25) is 0 Å². The van der Waals surface area contributed by atoms with E-state index in [9.17, 15) is 13.2 Å². The molecule has 0 spiro atoms. The zero-order chi connectivity index (χ0) is 12.9. The van der Waals surface area contributed by atoms with Gasteiger partial charge >= 0.3 is 6.09 Å². The van der Waals surface area contributed by atoms with E-state index in [4.69, 9.17) is 27.9 Å². The first-order valence-corrected chi connectivity index (χ1v) is 8.03. The lowest BCUT2D eigenvalue weighted by Gasteiger charge is -2.11. The van der Waals surface area contributed by atoms with Crippen LogP contribution in [0.1, 0.15) is 6.42 Å². The van der Waals surface area contributed by atoms with Crippen molar-refractivity contribution in [2.24, 2.45) is 5.92 Å². The summed E-state index contributed by atoms with van der Waals surface area (Å²) in [5, 5.41) is 2.11. The number of alkyl carbamates (subject to hydrolysis) is 1. The average molecular weight is 304 g/mol. The minimum Gasteiger partial charge on any atom is -0.448 e. The molecule has 1 saturated heterocycles. The topological polar surface area (TPSA) is 72.5 Å². The molecule has 5 nitrogen and oxygen atoms in total. The van der Waals surface area contributed by atoms with E-state index >= 15 is 0 Å². The second-order valence-corrected chi connectivity index (χ2v) is 7.15. The van der Waals surface area contributed by atoms with Crippen molar-refractivity contribution >= 4 is 39.1 Å². The fourth-order valence-corrected chi connectivity index (χ4v) is 3.54. The third-order valence-corrected chi connectivity index (χ3v) is 5.07. The number of nitrogens with one attached hydrogen (secondary N) is 1. The summed E-state index contributed by atoms with van der Waals surface area (Å²) in [7, 11) is -2.90. The molecular weight excluding hydrogens is 289 g/mol. The number of hydrogen-bond acceptors (Lipinski definition) is 4. The molecular formula is C9H15Cl2NO4S. The second-order valence-electron chi connectivity index (χ2n) is 4.00. The molecule has 0 unspecified atom stereocenters. The summed E-state index contributed by atoms with van der Waals surface area (Å²) in [5.41, 5.74) is 0. The Labute approximate surface area is 111 Å². The zero-order valence-electron chi connectivity index (χ0n) is 9.19. The normalized spacial score (nSPS) is 24.2. The average Bonchev–Trinajstić information content (AvgIpc) is 2.63. The van der Waals surface area contributed by atoms with Crippen molar-refractivity contribution < 1.29 is 17.9 Å². The molecule has 0 aromatic heterocycles. The second kappa shape index (κ2) is 6.66. The first-order valence-electron chi connectivity index (χ1n) is 5.24. The molecule has 17 heavy (non-hydrogen) atoms. The van der Waals surface area contributed by atoms with Gasteiger partial charge in [0.05, 0.1) is 16.9 Å². The number of carbonyl (C=O) groups is 1. The van der Waals surface area contributed by atoms with Crippen LogP contribution in [0.15, 0.2) is 0 Å². The molecule has 2 atom stereocenters. The summed E-state index contributed by atoms with van der Waals surface area (Å²) in [6, 6.07) is 0. The minimum atomic E-state index is -2.90. The Morgan fingerprint density at radius 3 is 2.76 bits per heavy atom. The first kappa shape index (κ1) is 14.9. The molecule has 0 saturated carbocycles. The zero-order valence-corrected chi connectivity index (χ0v) is 11.5. The van der Waals surface area contributed by atoms with Crippen molar-refractivity contribution in [3.8, 4) is 0 Å². The van der Waals surface area contributed by atoms with Crippen LogP contribution in [-0.4, -0.2) is 50.4 Å². The number of carbonyl (C=O) groups excluding carboxylic acids is 1. The SMILES string of the molecule is O=C(NC[C@H]1CCS(=O)(=O)C1)OC[C@@H](Cl)CCl. The summed E-state index contributed by atoms with van der Waals surface area (Å²) in [5.74, 6) is 0.514. The monoisotopic (exact) mass is 303 g/mol. The van der Waals surface area contributed by atoms with E-state index < -0.39 is 21.3 Å². The highest BCUT2D eigenvalue weighted by Crippen LogP contribution is 2.17. The van der Waals surface area contributed by atoms with Crippen molar-refractivity contribution in [2.75, 3.05) is 30.5 Å².